The van der Waals surface area contributed by atoms with Gasteiger partial charge in [0, 0.05) is 34.7 Å². The van der Waals surface area contributed by atoms with Gasteiger partial charge in [-0.15, -0.1) is 0 Å². The lowest BCUT2D eigenvalue weighted by molar-refractivity contribution is -0.130. The largest absolute Gasteiger partial charge is 0.342 e. The molecule has 0 N–H and O–H groups in total. The van der Waals surface area contributed by atoms with Gasteiger partial charge in [-0.1, -0.05) is 41.9 Å². The third-order valence-electron chi connectivity index (χ3n) is 4.21. The molecule has 0 aliphatic carbocycles. The van der Waals surface area contributed by atoms with Crippen molar-refractivity contribution in [2.75, 3.05) is 18.8 Å². The van der Waals surface area contributed by atoms with Gasteiger partial charge in [0.15, 0.2) is 0 Å². The van der Waals surface area contributed by atoms with Crippen molar-refractivity contribution >= 4 is 29.3 Å². The summed E-state index contributed by atoms with van der Waals surface area (Å²) in [6.07, 6.45) is 1.16. The lowest BCUT2D eigenvalue weighted by atomic mass is 10.1. The molecule has 2 nitrogen and oxygen atoms in total. The lowest BCUT2D eigenvalue weighted by Crippen LogP contribution is -2.34. The summed E-state index contributed by atoms with van der Waals surface area (Å²) in [5.74, 6) is 0.786. The summed E-state index contributed by atoms with van der Waals surface area (Å²) in [7, 11) is 0. The minimum absolute atomic E-state index is 0.111. The van der Waals surface area contributed by atoms with Crippen molar-refractivity contribution in [1.82, 2.24) is 4.90 Å². The molecule has 0 bridgehead atoms. The van der Waals surface area contributed by atoms with Crippen molar-refractivity contribution in [1.29, 1.82) is 0 Å². The van der Waals surface area contributed by atoms with Crippen LogP contribution in [0, 0.1) is 5.82 Å². The molecule has 0 radical (unpaired) electrons. The number of thioether (sulfide) groups is 1. The highest BCUT2D eigenvalue weighted by atomic mass is 35.5. The molecule has 0 saturated carbocycles. The molecular weight excluding hydrogens is 345 g/mol. The van der Waals surface area contributed by atoms with Crippen LogP contribution in [0.2, 0.25) is 5.02 Å². The van der Waals surface area contributed by atoms with E-state index in [1.54, 1.807) is 30.0 Å². The van der Waals surface area contributed by atoms with Crippen molar-refractivity contribution in [3.8, 4) is 0 Å². The van der Waals surface area contributed by atoms with Gasteiger partial charge in [0.25, 0.3) is 0 Å². The Bertz CT molecular complexity index is 707. The summed E-state index contributed by atoms with van der Waals surface area (Å²) in [6, 6.07) is 14.3. The van der Waals surface area contributed by atoms with Crippen molar-refractivity contribution in [3.05, 3.63) is 70.5 Å². The first-order chi connectivity index (χ1) is 11.6. The molecule has 1 aliphatic rings. The first-order valence-electron chi connectivity index (χ1n) is 8.02. The summed E-state index contributed by atoms with van der Waals surface area (Å²) in [6.45, 7) is 1.38. The zero-order valence-electron chi connectivity index (χ0n) is 13.3. The number of hydrogen-bond acceptors (Lipinski definition) is 2. The zero-order valence-corrected chi connectivity index (χ0v) is 14.8. The Labute approximate surface area is 151 Å². The van der Waals surface area contributed by atoms with Crippen LogP contribution >= 0.6 is 23.4 Å². The molecule has 0 aromatic heterocycles. The molecule has 5 heteroatoms. The fraction of sp³-hybridized carbons (Fsp3) is 0.316. The number of carbonyl (C=O) groups is 1. The second-order valence-corrected chi connectivity index (χ2v) is 7.60. The van der Waals surface area contributed by atoms with Crippen molar-refractivity contribution in [2.24, 2.45) is 0 Å². The maximum atomic E-state index is 14.0. The molecule has 3 rings (SSSR count). The van der Waals surface area contributed by atoms with Crippen molar-refractivity contribution in [3.63, 3.8) is 0 Å². The van der Waals surface area contributed by atoms with Gasteiger partial charge in [-0.25, -0.2) is 4.39 Å². The molecule has 2 aromatic rings. The van der Waals surface area contributed by atoms with Gasteiger partial charge >= 0.3 is 0 Å². The monoisotopic (exact) mass is 363 g/mol. The fourth-order valence-corrected chi connectivity index (χ4v) is 4.27. The minimum atomic E-state index is -0.157. The summed E-state index contributed by atoms with van der Waals surface area (Å²) in [5, 5.41) is 0.782. The lowest BCUT2D eigenvalue weighted by Gasteiger charge is -2.20. The first-order valence-corrected chi connectivity index (χ1v) is 9.44. The van der Waals surface area contributed by atoms with Gasteiger partial charge < -0.3 is 4.90 Å². The smallest absolute Gasteiger partial charge is 0.227 e. The summed E-state index contributed by atoms with van der Waals surface area (Å²) < 4.78 is 14.0. The number of halogens is 2. The van der Waals surface area contributed by atoms with E-state index >= 15 is 0 Å². The topological polar surface area (TPSA) is 20.3 Å². The van der Waals surface area contributed by atoms with Gasteiger partial charge in [-0.2, -0.15) is 11.8 Å². The van der Waals surface area contributed by atoms with Crippen LogP contribution in [0.25, 0.3) is 0 Å². The fourth-order valence-electron chi connectivity index (χ4n) is 2.89. The molecule has 126 valence electrons. The van der Waals surface area contributed by atoms with Crippen LogP contribution in [-0.4, -0.2) is 29.6 Å². The summed E-state index contributed by atoms with van der Waals surface area (Å²) >= 11 is 7.61. The predicted molar refractivity (Wildman–Crippen MR) is 98.0 cm³/mol. The summed E-state index contributed by atoms with van der Waals surface area (Å²) in [4.78, 5) is 14.4. The standard InChI is InChI=1S/C19H19ClFNOS/c20-15-7-5-14(6-8-15)13-19(23)22-10-9-18(24-12-11-22)16-3-1-2-4-17(16)21/h1-8,18H,9-13H2. The average molecular weight is 364 g/mol. The van der Waals surface area contributed by atoms with E-state index in [0.717, 1.165) is 23.3 Å². The molecule has 0 spiro atoms. The molecule has 1 atom stereocenters. The Hall–Kier alpha value is -1.52. The third-order valence-corrected chi connectivity index (χ3v) is 5.78. The van der Waals surface area contributed by atoms with Crippen molar-refractivity contribution in [2.45, 2.75) is 18.1 Å². The number of nitrogens with zero attached hydrogens (tertiary/aromatic N) is 1. The predicted octanol–water partition coefficient (Wildman–Crippen LogP) is 4.73. The average Bonchev–Trinajstić information content (AvgIpc) is 2.83. The van der Waals surface area contributed by atoms with E-state index in [1.165, 1.54) is 6.07 Å². The Morgan fingerprint density at radius 1 is 1.17 bits per heavy atom. The van der Waals surface area contributed by atoms with Gasteiger partial charge in [-0.3, -0.25) is 4.79 Å². The SMILES string of the molecule is O=C(Cc1ccc(Cl)cc1)N1CCSC(c2ccccc2F)CC1. The van der Waals surface area contributed by atoms with Crippen molar-refractivity contribution < 1.29 is 9.18 Å². The van der Waals surface area contributed by atoms with Gasteiger partial charge in [0.05, 0.1) is 6.42 Å². The molecule has 1 unspecified atom stereocenters. The van der Waals surface area contributed by atoms with E-state index in [4.69, 9.17) is 11.6 Å². The second kappa shape index (κ2) is 8.04. The number of benzene rings is 2. The quantitative estimate of drug-likeness (QED) is 0.785. The number of carbonyl (C=O) groups excluding carboxylic acids is 1. The number of hydrogen-bond donors (Lipinski definition) is 0. The van der Waals surface area contributed by atoms with Crippen LogP contribution in [0.15, 0.2) is 48.5 Å². The Morgan fingerprint density at radius 3 is 2.67 bits per heavy atom. The van der Waals surface area contributed by atoms with E-state index in [2.05, 4.69) is 0 Å². The summed E-state index contributed by atoms with van der Waals surface area (Å²) in [5.41, 5.74) is 1.71. The van der Waals surface area contributed by atoms with Crippen LogP contribution in [0.5, 0.6) is 0 Å². The van der Waals surface area contributed by atoms with Crippen LogP contribution in [-0.2, 0) is 11.2 Å². The van der Waals surface area contributed by atoms with E-state index in [9.17, 15) is 9.18 Å². The molecule has 1 aliphatic heterocycles. The Balaban J connectivity index is 1.61. The maximum absolute atomic E-state index is 14.0. The number of rotatable bonds is 3. The molecule has 1 saturated heterocycles. The highest BCUT2D eigenvalue weighted by Gasteiger charge is 2.23. The van der Waals surface area contributed by atoms with Gasteiger partial charge in [0.1, 0.15) is 5.82 Å². The molecule has 1 amide bonds. The van der Waals surface area contributed by atoms with Crippen LogP contribution in [0.3, 0.4) is 0 Å². The van der Waals surface area contributed by atoms with Gasteiger partial charge in [0.2, 0.25) is 5.91 Å². The third kappa shape index (κ3) is 4.31. The molecule has 24 heavy (non-hydrogen) atoms. The maximum Gasteiger partial charge on any atom is 0.227 e. The van der Waals surface area contributed by atoms with E-state index < -0.39 is 0 Å². The van der Waals surface area contributed by atoms with Gasteiger partial charge in [-0.05, 0) is 30.2 Å². The minimum Gasteiger partial charge on any atom is -0.342 e. The Morgan fingerprint density at radius 2 is 1.92 bits per heavy atom. The van der Waals surface area contributed by atoms with E-state index in [0.29, 0.717) is 24.5 Å². The second-order valence-electron chi connectivity index (χ2n) is 5.85. The van der Waals surface area contributed by atoms with E-state index in [-0.39, 0.29) is 17.0 Å². The highest BCUT2D eigenvalue weighted by molar-refractivity contribution is 7.99. The Kier molecular flexibility index (Phi) is 5.80. The molecular formula is C19H19ClFNOS. The molecule has 1 heterocycles. The molecule has 1 fully saturated rings. The number of amides is 1. The highest BCUT2D eigenvalue weighted by Crippen LogP contribution is 2.35. The first kappa shape index (κ1) is 17.3. The normalized spacial score (nSPS) is 18.2. The van der Waals surface area contributed by atoms with E-state index in [1.807, 2.05) is 29.2 Å². The zero-order chi connectivity index (χ0) is 16.9. The van der Waals surface area contributed by atoms with Crippen LogP contribution < -0.4 is 0 Å². The molecule has 2 aromatic carbocycles. The van der Waals surface area contributed by atoms with Crippen LogP contribution in [0.1, 0.15) is 22.8 Å². The van der Waals surface area contributed by atoms with Crippen LogP contribution in [0.4, 0.5) is 4.39 Å².